The second-order valence-electron chi connectivity index (χ2n) is 7.73. The van der Waals surface area contributed by atoms with E-state index in [2.05, 4.69) is 13.8 Å². The van der Waals surface area contributed by atoms with E-state index < -0.39 is 11.9 Å². The Bertz CT molecular complexity index is 671. The maximum absolute atomic E-state index is 12.9. The Morgan fingerprint density at radius 1 is 1.30 bits per heavy atom. The number of carbonyl (C=O) groups excluding carboxylic acids is 1. The van der Waals surface area contributed by atoms with E-state index in [9.17, 15) is 14.7 Å². The summed E-state index contributed by atoms with van der Waals surface area (Å²) in [6.45, 7) is 6.34. The molecule has 1 N–H and O–H groups in total. The summed E-state index contributed by atoms with van der Waals surface area (Å²) in [7, 11) is 0. The normalized spacial score (nSPS) is 31.5. The Labute approximate surface area is 137 Å². The zero-order valence-electron chi connectivity index (χ0n) is 14.0. The first-order chi connectivity index (χ1) is 10.8. The summed E-state index contributed by atoms with van der Waals surface area (Å²) in [5.41, 5.74) is 1.33. The number of rotatable bonds is 4. The predicted molar refractivity (Wildman–Crippen MR) is 89.0 cm³/mol. The molecule has 0 unspecified atom stereocenters. The number of carboxylic acids is 1. The first-order valence-corrected chi connectivity index (χ1v) is 8.30. The van der Waals surface area contributed by atoms with Crippen LogP contribution in [0, 0.1) is 22.7 Å². The van der Waals surface area contributed by atoms with Gasteiger partial charge in [-0.05, 0) is 41.7 Å². The van der Waals surface area contributed by atoms with Gasteiger partial charge in [0.2, 0.25) is 0 Å². The molecular formula is C20H24O3. The lowest BCUT2D eigenvalue weighted by molar-refractivity contribution is -0.140. The molecule has 0 radical (unpaired) electrons. The summed E-state index contributed by atoms with van der Waals surface area (Å²) in [6, 6.07) is 9.60. The van der Waals surface area contributed by atoms with Gasteiger partial charge in [0.05, 0.1) is 5.92 Å². The van der Waals surface area contributed by atoms with E-state index in [0.29, 0.717) is 6.42 Å². The van der Waals surface area contributed by atoms with E-state index in [-0.39, 0.29) is 22.5 Å². The minimum Gasteiger partial charge on any atom is -0.481 e. The van der Waals surface area contributed by atoms with Crippen molar-refractivity contribution >= 4 is 11.8 Å². The van der Waals surface area contributed by atoms with E-state index >= 15 is 0 Å². The predicted octanol–water partition coefficient (Wildman–Crippen LogP) is 3.88. The molecule has 122 valence electrons. The third-order valence-corrected chi connectivity index (χ3v) is 6.36. The molecule has 2 fully saturated rings. The SMILES string of the molecule is CC1(C)[C@@H]2CC[C@]1(C)C(=O)/C2=C/[C@@H](Cc1ccccc1)C(=O)O. The number of aliphatic carboxylic acids is 1. The van der Waals surface area contributed by atoms with Crippen LogP contribution in [-0.2, 0) is 16.0 Å². The van der Waals surface area contributed by atoms with Crippen LogP contribution in [0.4, 0.5) is 0 Å². The summed E-state index contributed by atoms with van der Waals surface area (Å²) in [6.07, 6.45) is 4.07. The molecule has 0 spiro atoms. The monoisotopic (exact) mass is 312 g/mol. The first-order valence-electron chi connectivity index (χ1n) is 8.30. The molecule has 1 aromatic rings. The molecule has 2 bridgehead atoms. The number of carbonyl (C=O) groups is 2. The van der Waals surface area contributed by atoms with Crippen molar-refractivity contribution in [2.75, 3.05) is 0 Å². The van der Waals surface area contributed by atoms with Gasteiger partial charge in [0.1, 0.15) is 0 Å². The Balaban J connectivity index is 1.93. The van der Waals surface area contributed by atoms with Crippen LogP contribution in [0.15, 0.2) is 42.0 Å². The molecule has 2 saturated carbocycles. The molecule has 0 saturated heterocycles. The summed E-state index contributed by atoms with van der Waals surface area (Å²) < 4.78 is 0. The number of hydrogen-bond acceptors (Lipinski definition) is 2. The third-order valence-electron chi connectivity index (χ3n) is 6.36. The zero-order valence-corrected chi connectivity index (χ0v) is 14.0. The Hall–Kier alpha value is -1.90. The van der Waals surface area contributed by atoms with Gasteiger partial charge in [-0.25, -0.2) is 0 Å². The number of Topliss-reactive ketones (excluding diaryl/α,β-unsaturated/α-hetero) is 1. The highest BCUT2D eigenvalue weighted by Gasteiger charge is 2.63. The molecule has 0 aliphatic heterocycles. The lowest BCUT2D eigenvalue weighted by Crippen LogP contribution is -2.32. The van der Waals surface area contributed by atoms with Gasteiger partial charge in [-0.1, -0.05) is 57.2 Å². The van der Waals surface area contributed by atoms with Gasteiger partial charge in [0.15, 0.2) is 5.78 Å². The van der Waals surface area contributed by atoms with Gasteiger partial charge in [-0.15, -0.1) is 0 Å². The fraction of sp³-hybridized carbons (Fsp3) is 0.500. The van der Waals surface area contributed by atoms with Gasteiger partial charge in [0.25, 0.3) is 0 Å². The quantitative estimate of drug-likeness (QED) is 0.858. The van der Waals surface area contributed by atoms with E-state index in [0.717, 1.165) is 24.0 Å². The Kier molecular flexibility index (Phi) is 3.70. The second kappa shape index (κ2) is 5.33. The van der Waals surface area contributed by atoms with Crippen molar-refractivity contribution < 1.29 is 14.7 Å². The number of fused-ring (bicyclic) bond motifs is 2. The molecule has 3 rings (SSSR count). The van der Waals surface area contributed by atoms with Gasteiger partial charge < -0.3 is 5.11 Å². The van der Waals surface area contributed by atoms with E-state index in [1.165, 1.54) is 0 Å². The summed E-state index contributed by atoms with van der Waals surface area (Å²) in [4.78, 5) is 24.5. The average molecular weight is 312 g/mol. The highest BCUT2D eigenvalue weighted by atomic mass is 16.4. The summed E-state index contributed by atoms with van der Waals surface area (Å²) >= 11 is 0. The van der Waals surface area contributed by atoms with Gasteiger partial charge in [-0.3, -0.25) is 9.59 Å². The van der Waals surface area contributed by atoms with Gasteiger partial charge in [0, 0.05) is 5.41 Å². The molecule has 3 nitrogen and oxygen atoms in total. The molecule has 2 aliphatic carbocycles. The van der Waals surface area contributed by atoms with Crippen molar-refractivity contribution in [3.63, 3.8) is 0 Å². The number of carboxylic acid groups (broad SMARTS) is 1. The molecule has 3 atom stereocenters. The van der Waals surface area contributed by atoms with Gasteiger partial charge >= 0.3 is 5.97 Å². The topological polar surface area (TPSA) is 54.4 Å². The van der Waals surface area contributed by atoms with E-state index in [4.69, 9.17) is 0 Å². The molecule has 23 heavy (non-hydrogen) atoms. The molecule has 0 amide bonds. The van der Waals surface area contributed by atoms with Crippen LogP contribution in [0.1, 0.15) is 39.2 Å². The van der Waals surface area contributed by atoms with Gasteiger partial charge in [-0.2, -0.15) is 0 Å². The highest BCUT2D eigenvalue weighted by molar-refractivity contribution is 6.05. The van der Waals surface area contributed by atoms with Crippen LogP contribution in [-0.4, -0.2) is 16.9 Å². The number of ketones is 1. The molecular weight excluding hydrogens is 288 g/mol. The van der Waals surface area contributed by atoms with Crippen LogP contribution in [0.25, 0.3) is 0 Å². The average Bonchev–Trinajstić information content (AvgIpc) is 2.81. The van der Waals surface area contributed by atoms with Crippen LogP contribution in [0.5, 0.6) is 0 Å². The molecule has 0 aromatic heterocycles. The smallest absolute Gasteiger partial charge is 0.310 e. The first kappa shape index (κ1) is 16.0. The van der Waals surface area contributed by atoms with Crippen molar-refractivity contribution in [3.8, 4) is 0 Å². The minimum absolute atomic E-state index is 0.0777. The molecule has 2 aliphatic rings. The third kappa shape index (κ3) is 2.34. The maximum atomic E-state index is 12.9. The molecule has 1 aromatic carbocycles. The largest absolute Gasteiger partial charge is 0.481 e. The lowest BCUT2D eigenvalue weighted by Gasteiger charge is -2.31. The van der Waals surface area contributed by atoms with Crippen molar-refractivity contribution in [3.05, 3.63) is 47.5 Å². The summed E-state index contributed by atoms with van der Waals surface area (Å²) in [5.74, 6) is -1.15. The van der Waals surface area contributed by atoms with E-state index in [1.807, 2.05) is 37.3 Å². The van der Waals surface area contributed by atoms with E-state index in [1.54, 1.807) is 6.08 Å². The standard InChI is InChI=1S/C20H24O3/c1-19(2)16-9-10-20(19,3)17(21)15(16)12-14(18(22)23)11-13-7-5-4-6-8-13/h4-8,12,14,16H,9-11H2,1-3H3,(H,22,23)/b15-12+/t14-,16-,20-/m1/s1. The number of allylic oxidation sites excluding steroid dienone is 1. The van der Waals surface area contributed by atoms with Crippen molar-refractivity contribution in [1.29, 1.82) is 0 Å². The number of hydrogen-bond donors (Lipinski definition) is 1. The van der Waals surface area contributed by atoms with Crippen molar-refractivity contribution in [2.24, 2.45) is 22.7 Å². The van der Waals surface area contributed by atoms with Crippen LogP contribution < -0.4 is 0 Å². The van der Waals surface area contributed by atoms with Crippen LogP contribution in [0.2, 0.25) is 0 Å². The zero-order chi connectivity index (χ0) is 16.8. The van der Waals surface area contributed by atoms with Crippen LogP contribution in [0.3, 0.4) is 0 Å². The molecule has 0 heterocycles. The number of benzene rings is 1. The Morgan fingerprint density at radius 3 is 2.48 bits per heavy atom. The second-order valence-corrected chi connectivity index (χ2v) is 7.73. The van der Waals surface area contributed by atoms with Crippen LogP contribution >= 0.6 is 0 Å². The highest BCUT2D eigenvalue weighted by Crippen LogP contribution is 2.65. The fourth-order valence-electron chi connectivity index (χ4n) is 4.42. The van der Waals surface area contributed by atoms with Crippen molar-refractivity contribution in [1.82, 2.24) is 0 Å². The summed E-state index contributed by atoms with van der Waals surface area (Å²) in [5, 5.41) is 9.59. The van der Waals surface area contributed by atoms with Crippen molar-refractivity contribution in [2.45, 2.75) is 40.0 Å². The minimum atomic E-state index is -0.861. The Morgan fingerprint density at radius 2 is 1.96 bits per heavy atom. The maximum Gasteiger partial charge on any atom is 0.310 e. The molecule has 3 heteroatoms. The fourth-order valence-corrected chi connectivity index (χ4v) is 4.42. The lowest BCUT2D eigenvalue weighted by atomic mass is 9.70.